The fourth-order valence-electron chi connectivity index (χ4n) is 3.90. The molecule has 2 heterocycles. The number of amides is 1. The van der Waals surface area contributed by atoms with E-state index in [1.807, 2.05) is 23.6 Å². The summed E-state index contributed by atoms with van der Waals surface area (Å²) in [4.78, 5) is 14.1. The molecule has 1 amide bonds. The molecule has 1 unspecified atom stereocenters. The summed E-state index contributed by atoms with van der Waals surface area (Å²) in [7, 11) is -3.68. The SMILES string of the molecule is N#Cc1ccc(S(=O)(=O)N2CCC(C(=O)NC(c3ccc(F)cc3)c3cccs3)CC2)cc1. The first-order valence-electron chi connectivity index (χ1n) is 10.5. The van der Waals surface area contributed by atoms with Gasteiger partial charge in [0.15, 0.2) is 0 Å². The van der Waals surface area contributed by atoms with Crippen molar-refractivity contribution in [1.29, 1.82) is 5.26 Å². The quantitative estimate of drug-likeness (QED) is 0.572. The minimum atomic E-state index is -3.68. The lowest BCUT2D eigenvalue weighted by Crippen LogP contribution is -2.43. The average Bonchev–Trinajstić information content (AvgIpc) is 3.38. The lowest BCUT2D eigenvalue weighted by molar-refractivity contribution is -0.126. The van der Waals surface area contributed by atoms with Gasteiger partial charge in [0.05, 0.1) is 22.6 Å². The molecule has 0 bridgehead atoms. The van der Waals surface area contributed by atoms with Gasteiger partial charge in [-0.1, -0.05) is 18.2 Å². The zero-order chi connectivity index (χ0) is 23.4. The number of thiophene rings is 1. The van der Waals surface area contributed by atoms with Gasteiger partial charge in [-0.2, -0.15) is 9.57 Å². The molecule has 1 N–H and O–H groups in total. The van der Waals surface area contributed by atoms with Gasteiger partial charge in [-0.15, -0.1) is 11.3 Å². The fraction of sp³-hybridized carbons (Fsp3) is 0.250. The van der Waals surface area contributed by atoms with Gasteiger partial charge in [0, 0.05) is 23.9 Å². The first kappa shape index (κ1) is 23.1. The summed E-state index contributed by atoms with van der Waals surface area (Å²) in [5, 5.41) is 13.9. The third kappa shape index (κ3) is 5.14. The minimum Gasteiger partial charge on any atom is -0.344 e. The Bertz CT molecular complexity index is 1240. The number of halogens is 1. The number of hydrogen-bond acceptors (Lipinski definition) is 5. The number of piperidine rings is 1. The van der Waals surface area contributed by atoms with E-state index < -0.39 is 16.1 Å². The number of carbonyl (C=O) groups is 1. The normalized spacial score (nSPS) is 16.1. The minimum absolute atomic E-state index is 0.137. The summed E-state index contributed by atoms with van der Waals surface area (Å²) in [5.41, 5.74) is 1.18. The number of nitrogens with zero attached hydrogens (tertiary/aromatic N) is 2. The van der Waals surface area contributed by atoms with Crippen molar-refractivity contribution in [3.63, 3.8) is 0 Å². The molecule has 1 aliphatic heterocycles. The maximum absolute atomic E-state index is 13.4. The molecule has 4 rings (SSSR count). The van der Waals surface area contributed by atoms with Crippen molar-refractivity contribution < 1.29 is 17.6 Å². The van der Waals surface area contributed by atoms with Crippen LogP contribution in [0.25, 0.3) is 0 Å². The van der Waals surface area contributed by atoms with Crippen LogP contribution in [0, 0.1) is 23.1 Å². The molecule has 1 atom stereocenters. The second-order valence-corrected chi connectivity index (χ2v) is 10.7. The van der Waals surface area contributed by atoms with Crippen molar-refractivity contribution in [1.82, 2.24) is 9.62 Å². The maximum atomic E-state index is 13.4. The number of sulfonamides is 1. The van der Waals surface area contributed by atoms with Crippen molar-refractivity contribution >= 4 is 27.3 Å². The molecule has 1 fully saturated rings. The zero-order valence-corrected chi connectivity index (χ0v) is 19.3. The van der Waals surface area contributed by atoms with E-state index in [1.165, 1.54) is 52.0 Å². The first-order chi connectivity index (χ1) is 15.9. The topological polar surface area (TPSA) is 90.3 Å². The molecular formula is C24H22FN3O3S2. The summed E-state index contributed by atoms with van der Waals surface area (Å²) in [6.45, 7) is 0.473. The third-order valence-electron chi connectivity index (χ3n) is 5.76. The molecule has 0 saturated carbocycles. The Morgan fingerprint density at radius 1 is 1.09 bits per heavy atom. The molecule has 0 spiro atoms. The number of carbonyl (C=O) groups excluding carboxylic acids is 1. The van der Waals surface area contributed by atoms with Gasteiger partial charge >= 0.3 is 0 Å². The molecule has 33 heavy (non-hydrogen) atoms. The molecule has 0 radical (unpaired) electrons. The van der Waals surface area contributed by atoms with Crippen molar-refractivity contribution in [2.45, 2.75) is 23.8 Å². The molecule has 3 aromatic rings. The van der Waals surface area contributed by atoms with Crippen LogP contribution >= 0.6 is 11.3 Å². The van der Waals surface area contributed by atoms with Crippen LogP contribution in [0.1, 0.15) is 34.9 Å². The summed E-state index contributed by atoms with van der Waals surface area (Å²) < 4.78 is 40.6. The van der Waals surface area contributed by atoms with E-state index in [4.69, 9.17) is 5.26 Å². The molecule has 170 valence electrons. The van der Waals surface area contributed by atoms with Crippen LogP contribution in [0.5, 0.6) is 0 Å². The Balaban J connectivity index is 1.43. The highest BCUT2D eigenvalue weighted by Crippen LogP contribution is 2.29. The molecular weight excluding hydrogens is 461 g/mol. The monoisotopic (exact) mass is 483 g/mol. The van der Waals surface area contributed by atoms with Crippen LogP contribution in [0.4, 0.5) is 4.39 Å². The molecule has 1 saturated heterocycles. The van der Waals surface area contributed by atoms with Crippen molar-refractivity contribution in [3.8, 4) is 6.07 Å². The second-order valence-electron chi connectivity index (χ2n) is 7.82. The Labute approximate surface area is 196 Å². The molecule has 2 aromatic carbocycles. The Kier molecular flexibility index (Phi) is 6.88. The van der Waals surface area contributed by atoms with Crippen molar-refractivity contribution in [2.75, 3.05) is 13.1 Å². The van der Waals surface area contributed by atoms with Gasteiger partial charge in [-0.05, 0) is 66.2 Å². The molecule has 6 nitrogen and oxygen atoms in total. The predicted molar refractivity (Wildman–Crippen MR) is 123 cm³/mol. The lowest BCUT2D eigenvalue weighted by atomic mass is 9.96. The summed E-state index contributed by atoms with van der Waals surface area (Å²) in [5.74, 6) is -0.806. The van der Waals surface area contributed by atoms with Gasteiger partial charge in [0.25, 0.3) is 0 Å². The van der Waals surface area contributed by atoms with Crippen LogP contribution in [-0.2, 0) is 14.8 Å². The van der Waals surface area contributed by atoms with Gasteiger partial charge in [0.2, 0.25) is 15.9 Å². The molecule has 9 heteroatoms. The number of hydrogen-bond donors (Lipinski definition) is 1. The summed E-state index contributed by atoms with van der Waals surface area (Å²) in [6.07, 6.45) is 0.809. The third-order valence-corrected chi connectivity index (χ3v) is 8.61. The second kappa shape index (κ2) is 9.83. The standard InChI is InChI=1S/C24H22FN3O3S2/c25-20-7-5-18(6-8-20)23(22-2-1-15-32-22)27-24(29)19-11-13-28(14-12-19)33(30,31)21-9-3-17(16-26)4-10-21/h1-10,15,19,23H,11-14H2,(H,27,29). The number of nitriles is 1. The largest absolute Gasteiger partial charge is 0.344 e. The fourth-order valence-corrected chi connectivity index (χ4v) is 6.17. The molecule has 1 aromatic heterocycles. The summed E-state index contributed by atoms with van der Waals surface area (Å²) >= 11 is 1.51. The van der Waals surface area contributed by atoms with Gasteiger partial charge < -0.3 is 5.32 Å². The Morgan fingerprint density at radius 2 is 1.76 bits per heavy atom. The zero-order valence-electron chi connectivity index (χ0n) is 17.6. The molecule has 0 aliphatic carbocycles. The molecule has 1 aliphatic rings. The lowest BCUT2D eigenvalue weighted by Gasteiger charge is -2.31. The van der Waals surface area contributed by atoms with Crippen LogP contribution in [-0.4, -0.2) is 31.7 Å². The number of nitrogens with one attached hydrogen (secondary N) is 1. The van der Waals surface area contributed by atoms with Crippen LogP contribution in [0.3, 0.4) is 0 Å². The highest BCUT2D eigenvalue weighted by atomic mass is 32.2. The van der Waals surface area contributed by atoms with E-state index >= 15 is 0 Å². The summed E-state index contributed by atoms with van der Waals surface area (Å²) in [6, 6.07) is 17.3. The van der Waals surface area contributed by atoms with Gasteiger partial charge in [-0.3, -0.25) is 4.79 Å². The van der Waals surface area contributed by atoms with E-state index in [0.29, 0.717) is 18.4 Å². The first-order valence-corrected chi connectivity index (χ1v) is 12.8. The number of rotatable bonds is 6. The van der Waals surface area contributed by atoms with E-state index in [9.17, 15) is 17.6 Å². The Hall–Kier alpha value is -3.06. The van der Waals surface area contributed by atoms with Crippen LogP contribution in [0.2, 0.25) is 0 Å². The van der Waals surface area contributed by atoms with Crippen LogP contribution in [0.15, 0.2) is 70.9 Å². The van der Waals surface area contributed by atoms with Gasteiger partial charge in [-0.25, -0.2) is 12.8 Å². The van der Waals surface area contributed by atoms with E-state index in [0.717, 1.165) is 10.4 Å². The van der Waals surface area contributed by atoms with E-state index in [-0.39, 0.29) is 35.6 Å². The van der Waals surface area contributed by atoms with E-state index in [1.54, 1.807) is 12.1 Å². The predicted octanol–water partition coefficient (Wildman–Crippen LogP) is 4.07. The van der Waals surface area contributed by atoms with E-state index in [2.05, 4.69) is 5.32 Å². The van der Waals surface area contributed by atoms with Crippen molar-refractivity contribution in [3.05, 3.63) is 87.9 Å². The highest BCUT2D eigenvalue weighted by Gasteiger charge is 2.33. The average molecular weight is 484 g/mol. The Morgan fingerprint density at radius 3 is 2.33 bits per heavy atom. The smallest absolute Gasteiger partial charge is 0.243 e. The van der Waals surface area contributed by atoms with Gasteiger partial charge in [0.1, 0.15) is 5.82 Å². The van der Waals surface area contributed by atoms with Crippen molar-refractivity contribution in [2.24, 2.45) is 5.92 Å². The van der Waals surface area contributed by atoms with Crippen LogP contribution < -0.4 is 5.32 Å². The highest BCUT2D eigenvalue weighted by molar-refractivity contribution is 7.89. The number of benzene rings is 2. The maximum Gasteiger partial charge on any atom is 0.243 e.